The summed E-state index contributed by atoms with van der Waals surface area (Å²) in [7, 11) is 1.59. The number of anilines is 1. The molecule has 1 aromatic heterocycles. The second-order valence-electron chi connectivity index (χ2n) is 4.22. The summed E-state index contributed by atoms with van der Waals surface area (Å²) in [5, 5.41) is 2.20. The zero-order valence-electron chi connectivity index (χ0n) is 9.37. The molecular formula is C10H15N3OS. The van der Waals surface area contributed by atoms with Gasteiger partial charge in [-0.05, 0) is 0 Å². The van der Waals surface area contributed by atoms with Crippen LogP contribution in [0.1, 0.15) is 26.5 Å². The van der Waals surface area contributed by atoms with E-state index in [2.05, 4.69) is 9.98 Å². The quantitative estimate of drug-likeness (QED) is 0.780. The molecular weight excluding hydrogens is 210 g/mol. The summed E-state index contributed by atoms with van der Waals surface area (Å²) in [6, 6.07) is 0. The molecule has 0 bridgehead atoms. The second kappa shape index (κ2) is 4.10. The zero-order valence-corrected chi connectivity index (χ0v) is 10.2. The van der Waals surface area contributed by atoms with E-state index in [9.17, 15) is 4.79 Å². The molecule has 5 heteroatoms. The Hall–Kier alpha value is -1.23. The summed E-state index contributed by atoms with van der Waals surface area (Å²) >= 11 is 1.31. The van der Waals surface area contributed by atoms with Crippen LogP contribution < -0.4 is 5.73 Å². The fourth-order valence-corrected chi connectivity index (χ4v) is 1.63. The van der Waals surface area contributed by atoms with E-state index in [4.69, 9.17) is 5.73 Å². The van der Waals surface area contributed by atoms with Crippen LogP contribution >= 0.6 is 11.3 Å². The molecule has 1 rings (SSSR count). The van der Waals surface area contributed by atoms with Gasteiger partial charge in [-0.15, -0.1) is 11.3 Å². The number of aromatic nitrogens is 1. The van der Waals surface area contributed by atoms with Gasteiger partial charge in [0.15, 0.2) is 10.9 Å². The molecule has 2 N–H and O–H groups in total. The summed E-state index contributed by atoms with van der Waals surface area (Å²) in [5.74, 6) is -0.0182. The minimum Gasteiger partial charge on any atom is -0.375 e. The van der Waals surface area contributed by atoms with Crippen molar-refractivity contribution in [3.8, 4) is 0 Å². The van der Waals surface area contributed by atoms with Gasteiger partial charge >= 0.3 is 0 Å². The molecule has 0 amide bonds. The minimum absolute atomic E-state index is 0.0182. The van der Waals surface area contributed by atoms with E-state index < -0.39 is 5.41 Å². The predicted molar refractivity (Wildman–Crippen MR) is 63.4 cm³/mol. The van der Waals surface area contributed by atoms with Gasteiger partial charge in [-0.25, -0.2) is 4.98 Å². The number of hydrogen-bond donors (Lipinski definition) is 1. The number of aliphatic imine (C=N–C) groups is 1. The average molecular weight is 225 g/mol. The second-order valence-corrected chi connectivity index (χ2v) is 5.11. The van der Waals surface area contributed by atoms with Gasteiger partial charge in [0.2, 0.25) is 0 Å². The lowest BCUT2D eigenvalue weighted by atomic mass is 9.87. The van der Waals surface area contributed by atoms with Gasteiger partial charge in [-0.2, -0.15) is 0 Å². The van der Waals surface area contributed by atoms with Gasteiger partial charge in [0.05, 0.1) is 0 Å². The summed E-state index contributed by atoms with van der Waals surface area (Å²) in [5.41, 5.74) is 6.04. The molecule has 1 aromatic rings. The van der Waals surface area contributed by atoms with E-state index in [0.29, 0.717) is 16.5 Å². The predicted octanol–water partition coefficient (Wildman–Crippen LogP) is 1.76. The van der Waals surface area contributed by atoms with E-state index in [1.54, 1.807) is 12.4 Å². The number of nitrogens with zero attached hydrogens (tertiary/aromatic N) is 2. The summed E-state index contributed by atoms with van der Waals surface area (Å²) in [4.78, 5) is 20.1. The third-order valence-corrected chi connectivity index (χ3v) is 2.56. The number of carbonyl (C=O) groups excluding carboxylic acids is 1. The molecule has 15 heavy (non-hydrogen) atoms. The van der Waals surface area contributed by atoms with Crippen molar-refractivity contribution in [2.75, 3.05) is 12.8 Å². The summed E-state index contributed by atoms with van der Waals surface area (Å²) in [6.45, 7) is 5.57. The molecule has 4 nitrogen and oxygen atoms in total. The Morgan fingerprint density at radius 1 is 1.53 bits per heavy atom. The Balaban J connectivity index is 3.07. The first-order valence-corrected chi connectivity index (χ1v) is 5.47. The van der Waals surface area contributed by atoms with Crippen LogP contribution in [0.5, 0.6) is 0 Å². The van der Waals surface area contributed by atoms with Crippen molar-refractivity contribution in [2.24, 2.45) is 10.4 Å². The van der Waals surface area contributed by atoms with Crippen molar-refractivity contribution in [1.29, 1.82) is 0 Å². The lowest BCUT2D eigenvalue weighted by Crippen LogP contribution is -2.29. The SMILES string of the molecule is C/N=C(\C(=O)C(C)(C)C)c1csc(N)n1. The molecule has 0 spiro atoms. The van der Waals surface area contributed by atoms with Crippen molar-refractivity contribution in [2.45, 2.75) is 20.8 Å². The number of carbonyl (C=O) groups is 1. The molecule has 0 aliphatic heterocycles. The maximum absolute atomic E-state index is 12.0. The minimum atomic E-state index is -0.451. The van der Waals surface area contributed by atoms with Crippen LogP contribution in [0.3, 0.4) is 0 Å². The van der Waals surface area contributed by atoms with Crippen LogP contribution in [0, 0.1) is 5.41 Å². The van der Waals surface area contributed by atoms with Crippen LogP contribution in [0.25, 0.3) is 0 Å². The van der Waals surface area contributed by atoms with Crippen LogP contribution in [-0.2, 0) is 4.79 Å². The number of nitrogen functional groups attached to an aromatic ring is 1. The normalized spacial score (nSPS) is 12.9. The van der Waals surface area contributed by atoms with E-state index >= 15 is 0 Å². The van der Waals surface area contributed by atoms with Crippen LogP contribution in [-0.4, -0.2) is 23.5 Å². The maximum Gasteiger partial charge on any atom is 0.188 e. The molecule has 0 saturated heterocycles. The highest BCUT2D eigenvalue weighted by Gasteiger charge is 2.28. The van der Waals surface area contributed by atoms with Crippen molar-refractivity contribution >= 4 is 28.0 Å². The summed E-state index contributed by atoms with van der Waals surface area (Å²) in [6.07, 6.45) is 0. The maximum atomic E-state index is 12.0. The fourth-order valence-electron chi connectivity index (χ4n) is 1.08. The molecule has 1 heterocycles. The van der Waals surface area contributed by atoms with Crippen molar-refractivity contribution in [1.82, 2.24) is 4.98 Å². The van der Waals surface area contributed by atoms with Gasteiger partial charge in [-0.3, -0.25) is 9.79 Å². The lowest BCUT2D eigenvalue weighted by molar-refractivity contribution is -0.119. The number of Topliss-reactive ketones (excluding diaryl/α,β-unsaturated/α-hetero) is 1. The van der Waals surface area contributed by atoms with Crippen LogP contribution in [0.15, 0.2) is 10.4 Å². The Kier molecular flexibility index (Phi) is 3.24. The Morgan fingerprint density at radius 3 is 2.47 bits per heavy atom. The molecule has 0 fully saturated rings. The first-order valence-electron chi connectivity index (χ1n) is 4.59. The molecule has 0 atom stereocenters. The first-order chi connectivity index (χ1) is 6.86. The van der Waals surface area contributed by atoms with Gasteiger partial charge in [0, 0.05) is 17.8 Å². The molecule has 0 aromatic carbocycles. The van der Waals surface area contributed by atoms with Gasteiger partial charge in [0.1, 0.15) is 11.4 Å². The van der Waals surface area contributed by atoms with E-state index in [1.807, 2.05) is 20.8 Å². The largest absolute Gasteiger partial charge is 0.375 e. The Morgan fingerprint density at radius 2 is 2.13 bits per heavy atom. The average Bonchev–Trinajstić information content (AvgIpc) is 2.51. The zero-order chi connectivity index (χ0) is 11.6. The third kappa shape index (κ3) is 2.62. The number of nitrogens with two attached hydrogens (primary N) is 1. The van der Waals surface area contributed by atoms with E-state index in [-0.39, 0.29) is 5.78 Å². The molecule has 0 unspecified atom stereocenters. The number of thiazole rings is 1. The highest BCUT2D eigenvalue weighted by molar-refractivity contribution is 7.13. The molecule has 0 saturated carbocycles. The topological polar surface area (TPSA) is 68.3 Å². The van der Waals surface area contributed by atoms with E-state index in [1.165, 1.54) is 11.3 Å². The standard InChI is InChI=1S/C10H15N3OS/c1-10(2,3)8(14)7(12-4)6-5-15-9(11)13-6/h5H,1-4H3,(H2,11,13)/b12-7-. The lowest BCUT2D eigenvalue weighted by Gasteiger charge is -2.16. The smallest absolute Gasteiger partial charge is 0.188 e. The third-order valence-electron chi connectivity index (χ3n) is 1.88. The number of hydrogen-bond acceptors (Lipinski definition) is 5. The first kappa shape index (κ1) is 11.8. The highest BCUT2D eigenvalue weighted by atomic mass is 32.1. The van der Waals surface area contributed by atoms with Crippen LogP contribution in [0.2, 0.25) is 0 Å². The molecule has 0 aliphatic rings. The van der Waals surface area contributed by atoms with Gasteiger partial charge < -0.3 is 5.73 Å². The van der Waals surface area contributed by atoms with Gasteiger partial charge in [0.25, 0.3) is 0 Å². The van der Waals surface area contributed by atoms with Crippen molar-refractivity contribution in [3.05, 3.63) is 11.1 Å². The molecule has 0 aliphatic carbocycles. The molecule has 82 valence electrons. The summed E-state index contributed by atoms with van der Waals surface area (Å²) < 4.78 is 0. The Labute approximate surface area is 93.2 Å². The monoisotopic (exact) mass is 225 g/mol. The van der Waals surface area contributed by atoms with E-state index in [0.717, 1.165) is 0 Å². The fraction of sp³-hybridized carbons (Fsp3) is 0.500. The highest BCUT2D eigenvalue weighted by Crippen LogP contribution is 2.20. The van der Waals surface area contributed by atoms with Crippen molar-refractivity contribution in [3.63, 3.8) is 0 Å². The Bertz CT molecular complexity index is 401. The molecule has 0 radical (unpaired) electrons. The number of ketones is 1. The van der Waals surface area contributed by atoms with Gasteiger partial charge in [-0.1, -0.05) is 20.8 Å². The van der Waals surface area contributed by atoms with Crippen molar-refractivity contribution < 1.29 is 4.79 Å². The number of rotatable bonds is 2. The van der Waals surface area contributed by atoms with Crippen LogP contribution in [0.4, 0.5) is 5.13 Å².